The van der Waals surface area contributed by atoms with E-state index in [1.807, 2.05) is 29.3 Å². The Bertz CT molecular complexity index is 561. The van der Waals surface area contributed by atoms with Crippen LogP contribution in [0.15, 0.2) is 36.5 Å². The maximum absolute atomic E-state index is 11.4. The van der Waals surface area contributed by atoms with E-state index in [0.29, 0.717) is 6.04 Å². The fourth-order valence-electron chi connectivity index (χ4n) is 2.77. The molecular formula is C16H18N2OS. The summed E-state index contributed by atoms with van der Waals surface area (Å²) in [4.78, 5) is 18.8. The second kappa shape index (κ2) is 6.18. The lowest BCUT2D eigenvalue weighted by molar-refractivity contribution is -0.108. The number of nitrogens with zero attached hydrogens (tertiary/aromatic N) is 2. The zero-order chi connectivity index (χ0) is 13.8. The van der Waals surface area contributed by atoms with Gasteiger partial charge >= 0.3 is 0 Å². The summed E-state index contributed by atoms with van der Waals surface area (Å²) >= 11 is 1.60. The lowest BCUT2D eigenvalue weighted by Crippen LogP contribution is -2.35. The number of benzene rings is 1. The van der Waals surface area contributed by atoms with E-state index in [1.54, 1.807) is 11.3 Å². The molecule has 20 heavy (non-hydrogen) atoms. The molecule has 1 fully saturated rings. The minimum Gasteiger partial charge on any atom is -0.288 e. The van der Waals surface area contributed by atoms with Crippen LogP contribution in [0.3, 0.4) is 0 Å². The zero-order valence-corrected chi connectivity index (χ0v) is 12.2. The first-order valence-electron chi connectivity index (χ1n) is 7.13. The molecule has 2 aromatic rings. The molecule has 0 radical (unpaired) electrons. The Morgan fingerprint density at radius 2 is 1.90 bits per heavy atom. The van der Waals surface area contributed by atoms with Crippen LogP contribution in [0.1, 0.15) is 32.1 Å². The quantitative estimate of drug-likeness (QED) is 0.793. The molecule has 1 heterocycles. The largest absolute Gasteiger partial charge is 0.288 e. The number of thiazole rings is 1. The van der Waals surface area contributed by atoms with Gasteiger partial charge in [-0.15, -0.1) is 0 Å². The summed E-state index contributed by atoms with van der Waals surface area (Å²) in [5.74, 6) is 0. The number of hydrogen-bond donors (Lipinski definition) is 0. The fourth-order valence-corrected chi connectivity index (χ4v) is 3.73. The predicted molar refractivity (Wildman–Crippen MR) is 83.0 cm³/mol. The molecule has 4 heteroatoms. The molecule has 0 bridgehead atoms. The van der Waals surface area contributed by atoms with Gasteiger partial charge in [-0.05, 0) is 18.4 Å². The summed E-state index contributed by atoms with van der Waals surface area (Å²) in [6.45, 7) is 0. The van der Waals surface area contributed by atoms with Gasteiger partial charge < -0.3 is 0 Å². The maximum atomic E-state index is 11.4. The molecule has 1 amide bonds. The minimum atomic E-state index is 0.330. The van der Waals surface area contributed by atoms with Crippen molar-refractivity contribution in [2.45, 2.75) is 38.1 Å². The molecule has 0 atom stereocenters. The number of rotatable bonds is 4. The molecule has 0 unspecified atom stereocenters. The van der Waals surface area contributed by atoms with Crippen LogP contribution < -0.4 is 4.90 Å². The Balaban J connectivity index is 1.82. The maximum Gasteiger partial charge on any atom is 0.216 e. The van der Waals surface area contributed by atoms with Crippen LogP contribution in [0, 0.1) is 0 Å². The van der Waals surface area contributed by atoms with Crippen molar-refractivity contribution >= 4 is 22.9 Å². The van der Waals surface area contributed by atoms with Gasteiger partial charge in [0.05, 0.1) is 4.88 Å². The van der Waals surface area contributed by atoms with Crippen LogP contribution in [0.2, 0.25) is 0 Å². The van der Waals surface area contributed by atoms with E-state index in [0.717, 1.165) is 34.8 Å². The summed E-state index contributed by atoms with van der Waals surface area (Å²) in [7, 11) is 0. The topological polar surface area (TPSA) is 33.2 Å². The van der Waals surface area contributed by atoms with Crippen LogP contribution >= 0.6 is 11.3 Å². The molecule has 1 aromatic carbocycles. The van der Waals surface area contributed by atoms with Gasteiger partial charge in [0.25, 0.3) is 0 Å². The average Bonchev–Trinajstić information content (AvgIpc) is 3.00. The normalized spacial score (nSPS) is 16.0. The first kappa shape index (κ1) is 13.3. The number of carbonyl (C=O) groups is 1. The third-order valence-electron chi connectivity index (χ3n) is 3.85. The van der Waals surface area contributed by atoms with Crippen LogP contribution in [-0.2, 0) is 4.79 Å². The summed E-state index contributed by atoms with van der Waals surface area (Å²) in [6.07, 6.45) is 8.73. The molecule has 0 aliphatic heterocycles. The van der Waals surface area contributed by atoms with Crippen LogP contribution in [0.4, 0.5) is 5.13 Å². The monoisotopic (exact) mass is 286 g/mol. The van der Waals surface area contributed by atoms with Crippen molar-refractivity contribution in [3.63, 3.8) is 0 Å². The Morgan fingerprint density at radius 1 is 1.15 bits per heavy atom. The number of aromatic nitrogens is 1. The van der Waals surface area contributed by atoms with E-state index < -0.39 is 0 Å². The smallest absolute Gasteiger partial charge is 0.216 e. The Labute approximate surface area is 123 Å². The average molecular weight is 286 g/mol. The number of hydrogen-bond acceptors (Lipinski definition) is 3. The SMILES string of the molecule is O=CN(c1ncc(-c2ccccc2)s1)C1CCCCC1. The van der Waals surface area contributed by atoms with E-state index in [1.165, 1.54) is 19.3 Å². The minimum absolute atomic E-state index is 0.330. The summed E-state index contributed by atoms with van der Waals surface area (Å²) < 4.78 is 0. The van der Waals surface area contributed by atoms with E-state index in [2.05, 4.69) is 17.1 Å². The lowest BCUT2D eigenvalue weighted by Gasteiger charge is -2.29. The second-order valence-corrected chi connectivity index (χ2v) is 6.19. The Morgan fingerprint density at radius 3 is 2.60 bits per heavy atom. The standard InChI is InChI=1S/C16H18N2OS/c19-12-18(14-9-5-2-6-10-14)16-17-11-15(20-16)13-7-3-1-4-8-13/h1,3-4,7-8,11-12,14H,2,5-6,9-10H2. The molecule has 1 aromatic heterocycles. The molecule has 3 nitrogen and oxygen atoms in total. The Hall–Kier alpha value is -1.68. The van der Waals surface area contributed by atoms with Crippen molar-refractivity contribution in [2.75, 3.05) is 4.90 Å². The number of amides is 1. The van der Waals surface area contributed by atoms with Crippen LogP contribution in [0.5, 0.6) is 0 Å². The van der Waals surface area contributed by atoms with Gasteiger partial charge in [0.2, 0.25) is 6.41 Å². The van der Waals surface area contributed by atoms with Crippen molar-refractivity contribution in [3.8, 4) is 10.4 Å². The van der Waals surface area contributed by atoms with Crippen LogP contribution in [0.25, 0.3) is 10.4 Å². The second-order valence-electron chi connectivity index (χ2n) is 5.18. The predicted octanol–water partition coefficient (Wildman–Crippen LogP) is 4.11. The Kier molecular flexibility index (Phi) is 4.11. The van der Waals surface area contributed by atoms with Crippen molar-refractivity contribution in [2.24, 2.45) is 0 Å². The highest BCUT2D eigenvalue weighted by molar-refractivity contribution is 7.19. The summed E-state index contributed by atoms with van der Waals surface area (Å²) in [5.41, 5.74) is 1.16. The molecule has 1 saturated carbocycles. The highest BCUT2D eigenvalue weighted by Gasteiger charge is 2.23. The van der Waals surface area contributed by atoms with Crippen molar-refractivity contribution in [1.29, 1.82) is 0 Å². The molecule has 1 aliphatic carbocycles. The van der Waals surface area contributed by atoms with Gasteiger partial charge in [0, 0.05) is 12.2 Å². The third-order valence-corrected chi connectivity index (χ3v) is 4.91. The van der Waals surface area contributed by atoms with Crippen LogP contribution in [-0.4, -0.2) is 17.4 Å². The first-order chi connectivity index (χ1) is 9.88. The lowest BCUT2D eigenvalue weighted by atomic mass is 9.95. The molecule has 3 rings (SSSR count). The summed E-state index contributed by atoms with van der Waals surface area (Å²) in [5, 5.41) is 0.825. The van der Waals surface area contributed by atoms with Gasteiger partial charge in [-0.2, -0.15) is 0 Å². The van der Waals surface area contributed by atoms with Gasteiger partial charge in [-0.3, -0.25) is 9.69 Å². The molecule has 0 saturated heterocycles. The van der Waals surface area contributed by atoms with E-state index in [-0.39, 0.29) is 0 Å². The van der Waals surface area contributed by atoms with Crippen molar-refractivity contribution in [1.82, 2.24) is 4.98 Å². The highest BCUT2D eigenvalue weighted by Crippen LogP contribution is 2.33. The van der Waals surface area contributed by atoms with Gasteiger partial charge in [-0.1, -0.05) is 60.9 Å². The molecule has 104 valence electrons. The zero-order valence-electron chi connectivity index (χ0n) is 11.4. The van der Waals surface area contributed by atoms with Gasteiger partial charge in [0.1, 0.15) is 0 Å². The van der Waals surface area contributed by atoms with E-state index in [4.69, 9.17) is 0 Å². The third kappa shape index (κ3) is 2.75. The first-order valence-corrected chi connectivity index (χ1v) is 7.95. The fraction of sp³-hybridized carbons (Fsp3) is 0.375. The number of carbonyl (C=O) groups excluding carboxylic acids is 1. The molecule has 0 N–H and O–H groups in total. The van der Waals surface area contributed by atoms with Crippen molar-refractivity contribution < 1.29 is 4.79 Å². The van der Waals surface area contributed by atoms with Gasteiger partial charge in [0.15, 0.2) is 5.13 Å². The van der Waals surface area contributed by atoms with Gasteiger partial charge in [-0.25, -0.2) is 4.98 Å². The van der Waals surface area contributed by atoms with Crippen molar-refractivity contribution in [3.05, 3.63) is 36.5 Å². The molecule has 1 aliphatic rings. The summed E-state index contributed by atoms with van der Waals surface area (Å²) in [6, 6.07) is 10.5. The number of anilines is 1. The molecular weight excluding hydrogens is 268 g/mol. The van der Waals surface area contributed by atoms with E-state index >= 15 is 0 Å². The molecule has 0 spiro atoms. The highest BCUT2D eigenvalue weighted by atomic mass is 32.1. The van der Waals surface area contributed by atoms with E-state index in [9.17, 15) is 4.79 Å².